The van der Waals surface area contributed by atoms with Crippen LogP contribution in [0.3, 0.4) is 0 Å². The number of imidazole rings is 1. The van der Waals surface area contributed by atoms with E-state index < -0.39 is 0 Å². The Morgan fingerprint density at radius 1 is 0.408 bits per heavy atom. The summed E-state index contributed by atoms with van der Waals surface area (Å²) in [6.07, 6.45) is 3.75. The van der Waals surface area contributed by atoms with Gasteiger partial charge < -0.3 is 4.57 Å². The van der Waals surface area contributed by atoms with E-state index in [2.05, 4.69) is 100 Å². The predicted octanol–water partition coefficient (Wildman–Crippen LogP) is 9.59. The summed E-state index contributed by atoms with van der Waals surface area (Å²) in [5.74, 6) is 2.37. The van der Waals surface area contributed by atoms with Crippen LogP contribution in [0.1, 0.15) is 0 Å². The average Bonchev–Trinajstić information content (AvgIpc) is 3.88. The Bertz CT molecular complexity index is 2760. The molecule has 0 aliphatic carbocycles. The third-order valence-corrected chi connectivity index (χ3v) is 9.21. The maximum atomic E-state index is 5.05. The minimum Gasteiger partial charge on any atom is -0.307 e. The van der Waals surface area contributed by atoms with Gasteiger partial charge >= 0.3 is 0 Å². The Balaban J connectivity index is 1.32. The van der Waals surface area contributed by atoms with E-state index in [0.717, 1.165) is 49.7 Å². The topological polar surface area (TPSA) is 66.3 Å². The molecule has 0 bridgehead atoms. The summed E-state index contributed by atoms with van der Waals surface area (Å²) in [5.41, 5.74) is 7.29. The van der Waals surface area contributed by atoms with E-state index in [4.69, 9.17) is 19.9 Å². The van der Waals surface area contributed by atoms with Crippen LogP contribution in [0.2, 0.25) is 0 Å². The van der Waals surface area contributed by atoms with Gasteiger partial charge in [0, 0.05) is 50.8 Å². The van der Waals surface area contributed by atoms with E-state index in [1.54, 1.807) is 0 Å². The number of hydrogen-bond donors (Lipinski definition) is 0. The number of aromatic nitrogens is 7. The number of nitrogens with zero attached hydrogens (tertiary/aromatic N) is 7. The second kappa shape index (κ2) is 10.9. The van der Waals surface area contributed by atoms with Crippen LogP contribution < -0.4 is 0 Å². The Kier molecular flexibility index (Phi) is 6.04. The molecule has 7 nitrogen and oxygen atoms in total. The molecule has 6 aromatic carbocycles. The maximum Gasteiger partial charge on any atom is 0.240 e. The van der Waals surface area contributed by atoms with Crippen LogP contribution in [-0.4, -0.2) is 33.6 Å². The summed E-state index contributed by atoms with van der Waals surface area (Å²) in [6, 6.07) is 52.3. The van der Waals surface area contributed by atoms with Crippen molar-refractivity contribution in [2.45, 2.75) is 0 Å². The predicted molar refractivity (Wildman–Crippen MR) is 196 cm³/mol. The molecule has 7 heteroatoms. The highest BCUT2D eigenvalue weighted by atomic mass is 15.3. The van der Waals surface area contributed by atoms with Gasteiger partial charge in [-0.1, -0.05) is 127 Å². The molecular weight excluding hydrogens is 603 g/mol. The van der Waals surface area contributed by atoms with E-state index in [1.807, 2.05) is 77.6 Å². The summed E-state index contributed by atoms with van der Waals surface area (Å²) in [4.78, 5) is 20.0. The van der Waals surface area contributed by atoms with Crippen LogP contribution in [0, 0.1) is 0 Å². The van der Waals surface area contributed by atoms with Crippen LogP contribution in [0.25, 0.3) is 84.0 Å². The van der Waals surface area contributed by atoms with Crippen molar-refractivity contribution in [3.63, 3.8) is 0 Å². The van der Waals surface area contributed by atoms with E-state index in [9.17, 15) is 0 Å². The van der Waals surface area contributed by atoms with Crippen molar-refractivity contribution < 1.29 is 0 Å². The lowest BCUT2D eigenvalue weighted by atomic mass is 10.1. The first kappa shape index (κ1) is 27.3. The van der Waals surface area contributed by atoms with E-state index in [-0.39, 0.29) is 0 Å². The van der Waals surface area contributed by atoms with Gasteiger partial charge in [-0.2, -0.15) is 9.97 Å². The zero-order chi connectivity index (χ0) is 32.3. The molecule has 0 saturated heterocycles. The molecular formula is C42H27N7. The van der Waals surface area contributed by atoms with Crippen molar-refractivity contribution in [2.24, 2.45) is 0 Å². The molecule has 0 atom stereocenters. The summed E-state index contributed by atoms with van der Waals surface area (Å²) in [7, 11) is 0. The Hall–Kier alpha value is -6.86. The molecule has 0 saturated carbocycles. The molecule has 4 aromatic heterocycles. The highest BCUT2D eigenvalue weighted by Gasteiger charge is 2.24. The lowest BCUT2D eigenvalue weighted by Gasteiger charge is -2.14. The third-order valence-electron chi connectivity index (χ3n) is 9.21. The Morgan fingerprint density at radius 2 is 0.898 bits per heavy atom. The van der Waals surface area contributed by atoms with E-state index >= 15 is 0 Å². The lowest BCUT2D eigenvalue weighted by Crippen LogP contribution is -2.11. The van der Waals surface area contributed by atoms with Crippen molar-refractivity contribution in [3.8, 4) is 40.4 Å². The van der Waals surface area contributed by atoms with E-state index in [1.165, 1.54) is 10.8 Å². The maximum absolute atomic E-state index is 5.05. The zero-order valence-electron chi connectivity index (χ0n) is 26.2. The molecule has 4 heterocycles. The number of rotatable bonds is 5. The molecule has 0 spiro atoms. The molecule has 0 N–H and O–H groups in total. The average molecular weight is 630 g/mol. The normalized spacial score (nSPS) is 11.7. The van der Waals surface area contributed by atoms with Gasteiger partial charge in [-0.25, -0.2) is 9.97 Å². The molecule has 10 aromatic rings. The van der Waals surface area contributed by atoms with Crippen molar-refractivity contribution >= 4 is 43.6 Å². The van der Waals surface area contributed by atoms with E-state index in [0.29, 0.717) is 23.5 Å². The first-order chi connectivity index (χ1) is 24.3. The smallest absolute Gasteiger partial charge is 0.240 e. The standard InChI is InChI=1S/C42H27N7/c1-4-14-28(15-5-1)39-44-40(29-16-6-2-7-17-29)46-41(45-39)47-27-26-43-42(47)49-36-23-13-11-21-32(36)34-25-24-33-31-20-10-12-22-35(31)48(37(33)38(34)49)30-18-8-3-9-19-30/h1-27H. The quantitative estimate of drug-likeness (QED) is 0.190. The molecule has 0 unspecified atom stereocenters. The molecule has 0 radical (unpaired) electrons. The summed E-state index contributed by atoms with van der Waals surface area (Å²) >= 11 is 0. The molecule has 0 amide bonds. The lowest BCUT2D eigenvalue weighted by molar-refractivity contribution is 0.859. The molecule has 49 heavy (non-hydrogen) atoms. The molecule has 0 fully saturated rings. The number of hydrogen-bond acceptors (Lipinski definition) is 4. The fraction of sp³-hybridized carbons (Fsp3) is 0. The monoisotopic (exact) mass is 629 g/mol. The molecule has 0 aliphatic rings. The second-order valence-electron chi connectivity index (χ2n) is 12.0. The fourth-order valence-corrected chi connectivity index (χ4v) is 7.08. The van der Waals surface area contributed by atoms with Crippen molar-refractivity contribution in [3.05, 3.63) is 164 Å². The van der Waals surface area contributed by atoms with Crippen LogP contribution in [-0.2, 0) is 0 Å². The zero-order valence-corrected chi connectivity index (χ0v) is 26.2. The van der Waals surface area contributed by atoms with Crippen molar-refractivity contribution in [1.82, 2.24) is 33.6 Å². The van der Waals surface area contributed by atoms with Gasteiger partial charge in [-0.05, 0) is 24.3 Å². The largest absolute Gasteiger partial charge is 0.307 e. The van der Waals surface area contributed by atoms with Gasteiger partial charge in [0.1, 0.15) is 0 Å². The van der Waals surface area contributed by atoms with Crippen molar-refractivity contribution in [2.75, 3.05) is 0 Å². The summed E-state index contributed by atoms with van der Waals surface area (Å²) in [5, 5.41) is 4.65. The number of benzene rings is 6. The van der Waals surface area contributed by atoms with Gasteiger partial charge in [-0.15, -0.1) is 0 Å². The van der Waals surface area contributed by atoms with Gasteiger partial charge in [0.2, 0.25) is 11.9 Å². The molecule has 0 aliphatic heterocycles. The van der Waals surface area contributed by atoms with Gasteiger partial charge in [0.25, 0.3) is 0 Å². The van der Waals surface area contributed by atoms with Gasteiger partial charge in [0.15, 0.2) is 11.6 Å². The third kappa shape index (κ3) is 4.22. The minimum absolute atomic E-state index is 0.488. The van der Waals surface area contributed by atoms with Crippen LogP contribution in [0.4, 0.5) is 0 Å². The summed E-state index contributed by atoms with van der Waals surface area (Å²) in [6.45, 7) is 0. The van der Waals surface area contributed by atoms with Gasteiger partial charge in [-0.3, -0.25) is 9.13 Å². The molecule has 230 valence electrons. The highest BCUT2D eigenvalue weighted by molar-refractivity contribution is 6.23. The highest BCUT2D eigenvalue weighted by Crippen LogP contribution is 2.41. The van der Waals surface area contributed by atoms with Crippen LogP contribution in [0.5, 0.6) is 0 Å². The van der Waals surface area contributed by atoms with Crippen LogP contribution in [0.15, 0.2) is 164 Å². The number of para-hydroxylation sites is 3. The Morgan fingerprint density at radius 3 is 1.49 bits per heavy atom. The first-order valence-electron chi connectivity index (χ1n) is 16.3. The number of fused-ring (bicyclic) bond motifs is 7. The second-order valence-corrected chi connectivity index (χ2v) is 12.0. The summed E-state index contributed by atoms with van der Waals surface area (Å²) < 4.78 is 6.61. The fourth-order valence-electron chi connectivity index (χ4n) is 7.08. The minimum atomic E-state index is 0.488. The SMILES string of the molecule is c1ccc(-c2nc(-c3ccccc3)nc(-n3ccnc3-n3c4ccccc4c4ccc5c6ccccc6n(-c6ccccc6)c5c43)n2)cc1. The first-order valence-corrected chi connectivity index (χ1v) is 16.3. The van der Waals surface area contributed by atoms with Crippen LogP contribution >= 0.6 is 0 Å². The molecule has 10 rings (SSSR count). The Labute approximate surface area is 281 Å². The van der Waals surface area contributed by atoms with Crippen molar-refractivity contribution in [1.29, 1.82) is 0 Å². The van der Waals surface area contributed by atoms with Gasteiger partial charge in [0.05, 0.1) is 22.1 Å².